The van der Waals surface area contributed by atoms with Gasteiger partial charge in [0.15, 0.2) is 0 Å². The van der Waals surface area contributed by atoms with Crippen LogP contribution in [-0.2, 0) is 13.2 Å². The molecular formula is C11H10F3N3O. The van der Waals surface area contributed by atoms with Crippen LogP contribution in [0.4, 0.5) is 13.2 Å². The van der Waals surface area contributed by atoms with Crippen molar-refractivity contribution in [2.24, 2.45) is 7.05 Å². The Balaban J connectivity index is 2.45. The standard InChI is InChI=1S/C11H10F3N3O/c1-17-6-7(4-16-17)10(18)8-5-15-3-2-9(8)11(12,13)14/h2-6,10,18H,1H3. The van der Waals surface area contributed by atoms with E-state index in [1.54, 1.807) is 7.05 Å². The molecule has 0 spiro atoms. The number of hydrogen-bond donors (Lipinski definition) is 1. The van der Waals surface area contributed by atoms with Gasteiger partial charge in [0, 0.05) is 36.8 Å². The van der Waals surface area contributed by atoms with Crippen molar-refractivity contribution in [3.05, 3.63) is 47.5 Å². The molecule has 0 fully saturated rings. The number of aliphatic hydroxyl groups excluding tert-OH is 1. The van der Waals surface area contributed by atoms with Gasteiger partial charge >= 0.3 is 6.18 Å². The molecule has 1 unspecified atom stereocenters. The third kappa shape index (κ3) is 2.35. The van der Waals surface area contributed by atoms with E-state index < -0.39 is 17.8 Å². The van der Waals surface area contributed by atoms with E-state index in [2.05, 4.69) is 10.1 Å². The maximum Gasteiger partial charge on any atom is 0.416 e. The summed E-state index contributed by atoms with van der Waals surface area (Å²) < 4.78 is 39.7. The van der Waals surface area contributed by atoms with Crippen molar-refractivity contribution in [2.75, 3.05) is 0 Å². The molecule has 0 saturated heterocycles. The van der Waals surface area contributed by atoms with Gasteiger partial charge in [0.25, 0.3) is 0 Å². The average molecular weight is 257 g/mol. The zero-order chi connectivity index (χ0) is 13.3. The lowest BCUT2D eigenvalue weighted by atomic mass is 10.0. The lowest BCUT2D eigenvalue weighted by Gasteiger charge is -2.15. The summed E-state index contributed by atoms with van der Waals surface area (Å²) in [6, 6.07) is 0.842. The van der Waals surface area contributed by atoms with Crippen molar-refractivity contribution in [1.29, 1.82) is 0 Å². The molecule has 0 aliphatic carbocycles. The Kier molecular flexibility index (Phi) is 3.08. The van der Waals surface area contributed by atoms with Crippen LogP contribution in [0.5, 0.6) is 0 Å². The number of alkyl halides is 3. The monoisotopic (exact) mass is 257 g/mol. The summed E-state index contributed by atoms with van der Waals surface area (Å²) in [6.07, 6.45) is -1.09. The molecule has 2 aromatic rings. The van der Waals surface area contributed by atoms with Crippen LogP contribution in [0.25, 0.3) is 0 Å². The van der Waals surface area contributed by atoms with Gasteiger partial charge in [-0.3, -0.25) is 9.67 Å². The molecule has 0 aliphatic heterocycles. The summed E-state index contributed by atoms with van der Waals surface area (Å²) in [6.45, 7) is 0. The summed E-state index contributed by atoms with van der Waals surface area (Å²) in [7, 11) is 1.62. The van der Waals surface area contributed by atoms with Gasteiger partial charge in [-0.15, -0.1) is 0 Å². The number of halogens is 3. The lowest BCUT2D eigenvalue weighted by Crippen LogP contribution is -2.12. The van der Waals surface area contributed by atoms with Gasteiger partial charge in [-0.25, -0.2) is 0 Å². The Morgan fingerprint density at radius 1 is 1.33 bits per heavy atom. The number of hydrogen-bond acceptors (Lipinski definition) is 3. The van der Waals surface area contributed by atoms with E-state index in [4.69, 9.17) is 0 Å². The smallest absolute Gasteiger partial charge is 0.383 e. The fourth-order valence-electron chi connectivity index (χ4n) is 1.64. The minimum absolute atomic E-state index is 0.280. The molecule has 0 bridgehead atoms. The van der Waals surface area contributed by atoms with E-state index in [-0.39, 0.29) is 11.1 Å². The molecule has 1 atom stereocenters. The van der Waals surface area contributed by atoms with Crippen LogP contribution in [0.3, 0.4) is 0 Å². The summed E-state index contributed by atoms with van der Waals surface area (Å²) in [5.74, 6) is 0. The predicted octanol–water partition coefficient (Wildman–Crippen LogP) is 1.92. The quantitative estimate of drug-likeness (QED) is 0.894. The average Bonchev–Trinajstić information content (AvgIpc) is 2.74. The zero-order valence-electron chi connectivity index (χ0n) is 9.39. The Bertz CT molecular complexity index is 550. The summed E-state index contributed by atoms with van der Waals surface area (Å²) >= 11 is 0. The van der Waals surface area contributed by atoms with Gasteiger partial charge in [-0.2, -0.15) is 18.3 Å². The van der Waals surface area contributed by atoms with Crippen LogP contribution in [0.1, 0.15) is 22.8 Å². The van der Waals surface area contributed by atoms with E-state index in [0.717, 1.165) is 18.5 Å². The number of pyridine rings is 1. The molecule has 2 rings (SSSR count). The molecule has 7 heteroatoms. The molecule has 0 amide bonds. The van der Waals surface area contributed by atoms with Gasteiger partial charge in [-0.05, 0) is 6.07 Å². The number of aliphatic hydroxyl groups is 1. The summed E-state index contributed by atoms with van der Waals surface area (Å²) in [5.41, 5.74) is -0.886. The SMILES string of the molecule is Cn1cc(C(O)c2cnccc2C(F)(F)F)cn1. The van der Waals surface area contributed by atoms with Crippen LogP contribution < -0.4 is 0 Å². The number of nitrogens with zero attached hydrogens (tertiary/aromatic N) is 3. The van der Waals surface area contributed by atoms with Crippen LogP contribution in [0.15, 0.2) is 30.9 Å². The highest BCUT2D eigenvalue weighted by atomic mass is 19.4. The third-order valence-electron chi connectivity index (χ3n) is 2.49. The first kappa shape index (κ1) is 12.6. The molecular weight excluding hydrogens is 247 g/mol. The first-order valence-electron chi connectivity index (χ1n) is 5.07. The number of rotatable bonds is 2. The van der Waals surface area contributed by atoms with Crippen molar-refractivity contribution < 1.29 is 18.3 Å². The minimum atomic E-state index is -4.53. The first-order chi connectivity index (χ1) is 8.39. The maximum atomic E-state index is 12.8. The van der Waals surface area contributed by atoms with Crippen LogP contribution in [0.2, 0.25) is 0 Å². The third-order valence-corrected chi connectivity index (χ3v) is 2.49. The Morgan fingerprint density at radius 2 is 2.06 bits per heavy atom. The summed E-state index contributed by atoms with van der Waals surface area (Å²) in [4.78, 5) is 3.63. The van der Waals surface area contributed by atoms with Crippen molar-refractivity contribution in [3.63, 3.8) is 0 Å². The van der Waals surface area contributed by atoms with Crippen LogP contribution >= 0.6 is 0 Å². The first-order valence-corrected chi connectivity index (χ1v) is 5.07. The minimum Gasteiger partial charge on any atom is -0.383 e. The highest BCUT2D eigenvalue weighted by Gasteiger charge is 2.35. The van der Waals surface area contributed by atoms with Gasteiger partial charge < -0.3 is 5.11 Å². The van der Waals surface area contributed by atoms with E-state index in [1.807, 2.05) is 0 Å². The van der Waals surface area contributed by atoms with Crippen molar-refractivity contribution in [2.45, 2.75) is 12.3 Å². The lowest BCUT2D eigenvalue weighted by molar-refractivity contribution is -0.139. The summed E-state index contributed by atoms with van der Waals surface area (Å²) in [5, 5.41) is 13.8. The molecule has 0 aliphatic rings. The van der Waals surface area contributed by atoms with Gasteiger partial charge in [-0.1, -0.05) is 0 Å². The maximum absolute atomic E-state index is 12.8. The normalized spacial score (nSPS) is 13.6. The second-order valence-corrected chi connectivity index (χ2v) is 3.81. The molecule has 2 aromatic heterocycles. The zero-order valence-corrected chi connectivity index (χ0v) is 9.39. The molecule has 0 aromatic carbocycles. The van der Waals surface area contributed by atoms with E-state index in [0.29, 0.717) is 0 Å². The molecule has 2 heterocycles. The van der Waals surface area contributed by atoms with Crippen molar-refractivity contribution in [3.8, 4) is 0 Å². The van der Waals surface area contributed by atoms with E-state index in [1.165, 1.54) is 17.1 Å². The molecule has 0 saturated carbocycles. The van der Waals surface area contributed by atoms with Crippen molar-refractivity contribution in [1.82, 2.24) is 14.8 Å². The Morgan fingerprint density at radius 3 is 2.61 bits per heavy atom. The second-order valence-electron chi connectivity index (χ2n) is 3.81. The second kappa shape index (κ2) is 4.41. The predicted molar refractivity (Wildman–Crippen MR) is 56.5 cm³/mol. The largest absolute Gasteiger partial charge is 0.416 e. The van der Waals surface area contributed by atoms with Gasteiger partial charge in [0.1, 0.15) is 6.10 Å². The molecule has 1 N–H and O–H groups in total. The Hall–Kier alpha value is -1.89. The highest BCUT2D eigenvalue weighted by molar-refractivity contribution is 5.33. The van der Waals surface area contributed by atoms with Gasteiger partial charge in [0.2, 0.25) is 0 Å². The van der Waals surface area contributed by atoms with Gasteiger partial charge in [0.05, 0.1) is 11.8 Å². The molecule has 4 nitrogen and oxygen atoms in total. The molecule has 18 heavy (non-hydrogen) atoms. The number of aromatic nitrogens is 3. The topological polar surface area (TPSA) is 50.9 Å². The van der Waals surface area contributed by atoms with Crippen molar-refractivity contribution >= 4 is 0 Å². The van der Waals surface area contributed by atoms with E-state index in [9.17, 15) is 18.3 Å². The Labute approximate surface area is 101 Å². The fourth-order valence-corrected chi connectivity index (χ4v) is 1.64. The molecule has 96 valence electrons. The van der Waals surface area contributed by atoms with E-state index >= 15 is 0 Å². The molecule has 0 radical (unpaired) electrons. The highest BCUT2D eigenvalue weighted by Crippen LogP contribution is 2.35. The van der Waals surface area contributed by atoms with Crippen LogP contribution in [0, 0.1) is 0 Å². The number of aryl methyl sites for hydroxylation is 1. The van der Waals surface area contributed by atoms with Crippen LogP contribution in [-0.4, -0.2) is 19.9 Å². The fraction of sp³-hybridized carbons (Fsp3) is 0.273.